The summed E-state index contributed by atoms with van der Waals surface area (Å²) in [6, 6.07) is 4.07. The van der Waals surface area contributed by atoms with Crippen molar-refractivity contribution in [2.24, 2.45) is 0 Å². The van der Waals surface area contributed by atoms with Crippen LogP contribution in [0.4, 0.5) is 23.2 Å². The second-order valence-electron chi connectivity index (χ2n) is 2.59. The highest BCUT2D eigenvalue weighted by Crippen LogP contribution is 2.20. The molecule has 0 bridgehead atoms. The van der Waals surface area contributed by atoms with E-state index < -0.39 is 21.4 Å². The Hall–Kier alpha value is -1.06. The Bertz CT molecular complexity index is 488. The first kappa shape index (κ1) is 15.9. The molecule has 10 heteroatoms. The molecule has 0 spiro atoms. The van der Waals surface area contributed by atoms with Crippen LogP contribution < -0.4 is 5.73 Å². The molecule has 0 aliphatic rings. The van der Waals surface area contributed by atoms with Crippen molar-refractivity contribution in [1.82, 2.24) is 0 Å². The van der Waals surface area contributed by atoms with E-state index in [-0.39, 0.29) is 5.02 Å². The van der Waals surface area contributed by atoms with E-state index in [1.807, 2.05) is 0 Å². The highest BCUT2D eigenvalue weighted by atomic mass is 35.5. The van der Waals surface area contributed by atoms with Crippen LogP contribution in [0.2, 0.25) is 5.02 Å². The fraction of sp³-hybridized carbons (Fsp3) is 0.143. The number of nitrogen functional groups attached to an aromatic ring is 1. The van der Waals surface area contributed by atoms with Crippen LogP contribution in [0.3, 0.4) is 0 Å². The molecule has 98 valence electrons. The summed E-state index contributed by atoms with van der Waals surface area (Å²) in [4.78, 5) is 0. The topological polar surface area (TPSA) is 80.4 Å². The molecule has 0 fully saturated rings. The number of halogens is 5. The molecule has 0 aliphatic heterocycles. The predicted molar refractivity (Wildman–Crippen MR) is 53.4 cm³/mol. The molecule has 0 saturated carbocycles. The summed E-state index contributed by atoms with van der Waals surface area (Å²) in [6.07, 6.45) is 0. The van der Waals surface area contributed by atoms with Crippen molar-refractivity contribution in [1.29, 1.82) is 0 Å². The van der Waals surface area contributed by atoms with Crippen molar-refractivity contribution in [2.75, 3.05) is 5.73 Å². The highest BCUT2D eigenvalue weighted by Gasteiger charge is 2.44. The van der Waals surface area contributed by atoms with Gasteiger partial charge >= 0.3 is 15.6 Å². The largest absolute Gasteiger partial charge is 0.522 e. The summed E-state index contributed by atoms with van der Waals surface area (Å²) in [5.41, 5.74) is 0.215. The maximum absolute atomic E-state index is 12.3. The van der Waals surface area contributed by atoms with Crippen LogP contribution >= 0.6 is 11.6 Å². The van der Waals surface area contributed by atoms with Gasteiger partial charge in [0.2, 0.25) is 0 Å². The third-order valence-corrected chi connectivity index (χ3v) is 2.11. The Balaban J connectivity index is 0.000000304. The predicted octanol–water partition coefficient (Wildman–Crippen LogP) is 2.46. The first-order valence-electron chi connectivity index (χ1n) is 3.69. The summed E-state index contributed by atoms with van der Waals surface area (Å²) >= 11 is 5.36. The van der Waals surface area contributed by atoms with Crippen molar-refractivity contribution < 1.29 is 30.5 Å². The van der Waals surface area contributed by atoms with Crippen LogP contribution in [-0.2, 0) is 10.1 Å². The monoisotopic (exact) mass is 295 g/mol. The van der Waals surface area contributed by atoms with Crippen molar-refractivity contribution >= 4 is 27.4 Å². The maximum atomic E-state index is 12.3. The molecule has 1 aromatic carbocycles. The van der Waals surface area contributed by atoms with Crippen LogP contribution in [0.25, 0.3) is 0 Å². The molecule has 17 heavy (non-hydrogen) atoms. The Morgan fingerprint density at radius 1 is 1.29 bits per heavy atom. The lowest BCUT2D eigenvalue weighted by molar-refractivity contribution is -0.0510. The van der Waals surface area contributed by atoms with Gasteiger partial charge in [-0.2, -0.15) is 21.6 Å². The van der Waals surface area contributed by atoms with Gasteiger partial charge in [0.05, 0.1) is 5.02 Å². The zero-order chi connectivity index (χ0) is 13.9. The van der Waals surface area contributed by atoms with Crippen LogP contribution in [0.1, 0.15) is 0 Å². The molecule has 0 saturated heterocycles. The molecule has 0 radical (unpaired) electrons. The number of rotatable bonds is 0. The van der Waals surface area contributed by atoms with Crippen LogP contribution in [-0.4, -0.2) is 18.5 Å². The van der Waals surface area contributed by atoms with Gasteiger partial charge < -0.3 is 5.73 Å². The van der Waals surface area contributed by atoms with E-state index in [2.05, 4.69) is 0 Å². The SMILES string of the molecule is Nc1ccc(F)c(Cl)c1.O=S(=O)(O)C(F)(F)F. The Labute approximate surface area is 98.7 Å². The Morgan fingerprint density at radius 3 is 1.94 bits per heavy atom. The van der Waals surface area contributed by atoms with Crippen LogP contribution in [0.5, 0.6) is 0 Å². The fourth-order valence-electron chi connectivity index (χ4n) is 0.512. The van der Waals surface area contributed by atoms with Gasteiger partial charge in [-0.05, 0) is 18.2 Å². The standard InChI is InChI=1S/C6H5ClFN.CHF3O3S/c7-5-3-4(9)1-2-6(5)8;2-1(3,4)8(5,6)7/h1-3H,9H2;(H,5,6,7). The minimum atomic E-state index is -5.84. The zero-order valence-electron chi connectivity index (χ0n) is 7.87. The van der Waals surface area contributed by atoms with Crippen molar-refractivity contribution in [3.63, 3.8) is 0 Å². The fourth-order valence-corrected chi connectivity index (χ4v) is 0.701. The molecule has 1 aromatic rings. The molecule has 0 unspecified atom stereocenters. The molecule has 0 amide bonds. The second-order valence-corrected chi connectivity index (χ2v) is 4.41. The van der Waals surface area contributed by atoms with E-state index in [1.54, 1.807) is 0 Å². The van der Waals surface area contributed by atoms with E-state index >= 15 is 0 Å². The van der Waals surface area contributed by atoms with Crippen LogP contribution in [0, 0.1) is 5.82 Å². The number of hydrogen-bond donors (Lipinski definition) is 2. The molecule has 1 rings (SSSR count). The number of hydrogen-bond acceptors (Lipinski definition) is 3. The lowest BCUT2D eigenvalue weighted by Crippen LogP contribution is -2.21. The number of nitrogens with two attached hydrogens (primary N) is 1. The molecular weight excluding hydrogens is 290 g/mol. The van der Waals surface area contributed by atoms with E-state index in [0.29, 0.717) is 5.69 Å². The van der Waals surface area contributed by atoms with E-state index in [1.165, 1.54) is 18.2 Å². The van der Waals surface area contributed by atoms with E-state index in [4.69, 9.17) is 30.3 Å². The molecule has 4 nitrogen and oxygen atoms in total. The average molecular weight is 296 g/mol. The zero-order valence-corrected chi connectivity index (χ0v) is 9.44. The summed E-state index contributed by atoms with van der Waals surface area (Å²) < 4.78 is 69.9. The third kappa shape index (κ3) is 5.71. The van der Waals surface area contributed by atoms with Crippen molar-refractivity contribution in [3.8, 4) is 0 Å². The summed E-state index contributed by atoms with van der Waals surface area (Å²) in [5.74, 6) is -0.439. The normalized spacial score (nSPS) is 11.6. The van der Waals surface area contributed by atoms with Gasteiger partial charge in [-0.15, -0.1) is 0 Å². The lowest BCUT2D eigenvalue weighted by atomic mass is 10.3. The van der Waals surface area contributed by atoms with Gasteiger partial charge in [0.15, 0.2) is 0 Å². The minimum Gasteiger partial charge on any atom is -0.399 e. The third-order valence-electron chi connectivity index (χ3n) is 1.24. The Kier molecular flexibility index (Phi) is 5.17. The highest BCUT2D eigenvalue weighted by molar-refractivity contribution is 7.86. The number of alkyl halides is 3. The summed E-state index contributed by atoms with van der Waals surface area (Å²) in [7, 11) is -5.84. The van der Waals surface area contributed by atoms with Gasteiger partial charge in [0.25, 0.3) is 0 Å². The van der Waals surface area contributed by atoms with Gasteiger partial charge in [-0.3, -0.25) is 4.55 Å². The number of benzene rings is 1. The maximum Gasteiger partial charge on any atom is 0.522 e. The van der Waals surface area contributed by atoms with Gasteiger partial charge in [0, 0.05) is 5.69 Å². The lowest BCUT2D eigenvalue weighted by Gasteiger charge is -1.97. The minimum absolute atomic E-state index is 0.0648. The summed E-state index contributed by atoms with van der Waals surface area (Å²) in [5, 5.41) is 0.0648. The second kappa shape index (κ2) is 5.52. The molecule has 0 heterocycles. The molecule has 0 aromatic heterocycles. The summed E-state index contributed by atoms with van der Waals surface area (Å²) in [6.45, 7) is 0. The molecule has 0 atom stereocenters. The molecule has 3 N–H and O–H groups in total. The molecular formula is C7H6ClF4NO3S. The first-order chi connectivity index (χ1) is 7.45. The first-order valence-corrected chi connectivity index (χ1v) is 5.51. The number of anilines is 1. The van der Waals surface area contributed by atoms with Gasteiger partial charge in [-0.1, -0.05) is 11.6 Å². The Morgan fingerprint density at radius 2 is 1.71 bits per heavy atom. The van der Waals surface area contributed by atoms with E-state index in [9.17, 15) is 17.6 Å². The van der Waals surface area contributed by atoms with Crippen molar-refractivity contribution in [3.05, 3.63) is 29.0 Å². The molecule has 0 aliphatic carbocycles. The van der Waals surface area contributed by atoms with Crippen molar-refractivity contribution in [2.45, 2.75) is 5.51 Å². The van der Waals surface area contributed by atoms with Gasteiger partial charge in [0.1, 0.15) is 5.82 Å². The average Bonchev–Trinajstić information content (AvgIpc) is 2.09. The van der Waals surface area contributed by atoms with E-state index in [0.717, 1.165) is 0 Å². The smallest absolute Gasteiger partial charge is 0.399 e. The van der Waals surface area contributed by atoms with Crippen LogP contribution in [0.15, 0.2) is 18.2 Å². The van der Waals surface area contributed by atoms with Gasteiger partial charge in [-0.25, -0.2) is 4.39 Å². The quantitative estimate of drug-likeness (QED) is 0.333.